The number of allylic oxidation sites excluding steroid dienone is 2. The van der Waals surface area contributed by atoms with Gasteiger partial charge < -0.3 is 10.2 Å². The first-order valence-electron chi connectivity index (χ1n) is 5.49. The van der Waals surface area contributed by atoms with E-state index in [-0.39, 0.29) is 0 Å². The minimum Gasteiger partial charge on any atom is -0.363 e. The average molecular weight is 210 g/mol. The van der Waals surface area contributed by atoms with Gasteiger partial charge in [-0.1, -0.05) is 12.2 Å². The Hall–Kier alpha value is -0.570. The number of nitrogens with zero attached hydrogens (tertiary/aromatic N) is 1. The molecule has 1 heterocycles. The van der Waals surface area contributed by atoms with Crippen molar-refractivity contribution in [3.8, 4) is 0 Å². The van der Waals surface area contributed by atoms with E-state index in [1.807, 2.05) is 0 Å². The fourth-order valence-electron chi connectivity index (χ4n) is 2.44. The van der Waals surface area contributed by atoms with E-state index >= 15 is 0 Å². The van der Waals surface area contributed by atoms with Crippen LogP contribution >= 0.6 is 12.2 Å². The third-order valence-corrected chi connectivity index (χ3v) is 3.64. The number of likely N-dealkylation sites (tertiary alicyclic amines) is 1. The Kier molecular flexibility index (Phi) is 3.06. The van der Waals surface area contributed by atoms with Crippen LogP contribution in [0.15, 0.2) is 12.2 Å². The molecular weight excluding hydrogens is 192 g/mol. The van der Waals surface area contributed by atoms with Crippen molar-refractivity contribution in [2.24, 2.45) is 11.8 Å². The Morgan fingerprint density at radius 2 is 1.93 bits per heavy atom. The number of fused-ring (bicyclic) bond motifs is 1. The van der Waals surface area contributed by atoms with Crippen molar-refractivity contribution in [3.05, 3.63) is 12.2 Å². The van der Waals surface area contributed by atoms with Gasteiger partial charge in [0.15, 0.2) is 5.11 Å². The van der Waals surface area contributed by atoms with Gasteiger partial charge in [0.2, 0.25) is 0 Å². The Morgan fingerprint density at radius 1 is 1.36 bits per heavy atom. The van der Waals surface area contributed by atoms with Crippen LogP contribution in [0.4, 0.5) is 0 Å². The third-order valence-electron chi connectivity index (χ3n) is 3.24. The quantitative estimate of drug-likeness (QED) is 0.524. The summed E-state index contributed by atoms with van der Waals surface area (Å²) in [4.78, 5) is 2.33. The molecule has 0 amide bonds. The van der Waals surface area contributed by atoms with E-state index in [1.165, 1.54) is 12.8 Å². The van der Waals surface area contributed by atoms with Crippen molar-refractivity contribution in [2.75, 3.05) is 19.6 Å². The minimum absolute atomic E-state index is 0.844. The zero-order valence-electron chi connectivity index (χ0n) is 8.70. The van der Waals surface area contributed by atoms with Crippen LogP contribution in [0.3, 0.4) is 0 Å². The molecule has 0 aromatic carbocycles. The van der Waals surface area contributed by atoms with Crippen molar-refractivity contribution in [2.45, 2.75) is 19.8 Å². The normalized spacial score (nSPS) is 30.2. The molecule has 1 aliphatic carbocycles. The van der Waals surface area contributed by atoms with Crippen molar-refractivity contribution < 1.29 is 0 Å². The summed E-state index contributed by atoms with van der Waals surface area (Å²) in [6.07, 6.45) is 7.13. The molecule has 2 rings (SSSR count). The summed E-state index contributed by atoms with van der Waals surface area (Å²) < 4.78 is 0. The lowest BCUT2D eigenvalue weighted by Gasteiger charge is -2.19. The van der Waals surface area contributed by atoms with E-state index < -0.39 is 0 Å². The summed E-state index contributed by atoms with van der Waals surface area (Å²) in [5.74, 6) is 1.69. The molecule has 1 aliphatic heterocycles. The van der Waals surface area contributed by atoms with Crippen LogP contribution in [0.25, 0.3) is 0 Å². The van der Waals surface area contributed by atoms with Gasteiger partial charge >= 0.3 is 0 Å². The number of hydrogen-bond acceptors (Lipinski definition) is 1. The highest BCUT2D eigenvalue weighted by molar-refractivity contribution is 7.80. The van der Waals surface area contributed by atoms with Gasteiger partial charge in [0, 0.05) is 19.6 Å². The summed E-state index contributed by atoms with van der Waals surface area (Å²) in [5, 5.41) is 4.18. The van der Waals surface area contributed by atoms with E-state index in [1.54, 1.807) is 0 Å². The Bertz CT molecular complexity index is 234. The van der Waals surface area contributed by atoms with Gasteiger partial charge in [0.05, 0.1) is 0 Å². The Morgan fingerprint density at radius 3 is 2.43 bits per heavy atom. The molecule has 14 heavy (non-hydrogen) atoms. The number of rotatable bonds is 1. The predicted molar refractivity (Wildman–Crippen MR) is 63.2 cm³/mol. The Balaban J connectivity index is 1.91. The second kappa shape index (κ2) is 4.30. The molecule has 1 saturated heterocycles. The molecule has 78 valence electrons. The van der Waals surface area contributed by atoms with Crippen molar-refractivity contribution in [1.82, 2.24) is 10.2 Å². The lowest BCUT2D eigenvalue weighted by atomic mass is 9.86. The van der Waals surface area contributed by atoms with Crippen LogP contribution in [0, 0.1) is 11.8 Å². The van der Waals surface area contributed by atoms with Gasteiger partial charge in [-0.3, -0.25) is 0 Å². The fraction of sp³-hybridized carbons (Fsp3) is 0.727. The van der Waals surface area contributed by atoms with E-state index in [0.717, 1.165) is 36.6 Å². The number of nitrogens with one attached hydrogen (secondary N) is 1. The van der Waals surface area contributed by atoms with Gasteiger partial charge in [-0.05, 0) is 43.8 Å². The topological polar surface area (TPSA) is 15.3 Å². The average Bonchev–Trinajstić information content (AvgIpc) is 2.61. The zero-order valence-corrected chi connectivity index (χ0v) is 9.52. The molecule has 2 aliphatic rings. The van der Waals surface area contributed by atoms with E-state index in [4.69, 9.17) is 12.2 Å². The molecular formula is C11H18N2S. The molecule has 2 atom stereocenters. The van der Waals surface area contributed by atoms with Crippen LogP contribution in [0.5, 0.6) is 0 Å². The second-order valence-electron chi connectivity index (χ2n) is 4.20. The maximum Gasteiger partial charge on any atom is 0.168 e. The predicted octanol–water partition coefficient (Wildman–Crippen LogP) is 1.78. The SMILES string of the molecule is CCNC(=S)N1CC2CC=CCC2C1. The smallest absolute Gasteiger partial charge is 0.168 e. The maximum atomic E-state index is 5.33. The number of thiocarbonyl (C=S) groups is 1. The first kappa shape index (κ1) is 9.97. The van der Waals surface area contributed by atoms with E-state index in [2.05, 4.69) is 29.3 Å². The highest BCUT2D eigenvalue weighted by atomic mass is 32.1. The molecule has 0 bridgehead atoms. The minimum atomic E-state index is 0.844. The molecule has 0 aromatic heterocycles. The van der Waals surface area contributed by atoms with Crippen molar-refractivity contribution >= 4 is 17.3 Å². The third kappa shape index (κ3) is 1.92. The van der Waals surface area contributed by atoms with Crippen molar-refractivity contribution in [1.29, 1.82) is 0 Å². The van der Waals surface area contributed by atoms with Gasteiger partial charge in [0.1, 0.15) is 0 Å². The van der Waals surface area contributed by atoms with Gasteiger partial charge in [-0.25, -0.2) is 0 Å². The van der Waals surface area contributed by atoms with Gasteiger partial charge in [0.25, 0.3) is 0 Å². The molecule has 2 nitrogen and oxygen atoms in total. The molecule has 3 heteroatoms. The molecule has 1 fully saturated rings. The first-order chi connectivity index (χ1) is 6.81. The fourth-order valence-corrected chi connectivity index (χ4v) is 2.74. The molecule has 1 N–H and O–H groups in total. The maximum absolute atomic E-state index is 5.33. The summed E-state index contributed by atoms with van der Waals surface area (Å²) in [6, 6.07) is 0. The van der Waals surface area contributed by atoms with Gasteiger partial charge in [-0.2, -0.15) is 0 Å². The van der Waals surface area contributed by atoms with Crippen molar-refractivity contribution in [3.63, 3.8) is 0 Å². The molecule has 0 saturated carbocycles. The summed E-state index contributed by atoms with van der Waals surface area (Å²) in [5.41, 5.74) is 0. The Labute approximate surface area is 91.4 Å². The van der Waals surface area contributed by atoms with Crippen LogP contribution in [0.2, 0.25) is 0 Å². The second-order valence-corrected chi connectivity index (χ2v) is 4.59. The van der Waals surface area contributed by atoms with Gasteiger partial charge in [-0.15, -0.1) is 0 Å². The summed E-state index contributed by atoms with van der Waals surface area (Å²) in [6.45, 7) is 5.33. The monoisotopic (exact) mass is 210 g/mol. The highest BCUT2D eigenvalue weighted by Crippen LogP contribution is 2.32. The lowest BCUT2D eigenvalue weighted by molar-refractivity contribution is 0.411. The molecule has 0 radical (unpaired) electrons. The van der Waals surface area contributed by atoms with Crippen LogP contribution in [-0.2, 0) is 0 Å². The lowest BCUT2D eigenvalue weighted by Crippen LogP contribution is -2.38. The van der Waals surface area contributed by atoms with E-state index in [9.17, 15) is 0 Å². The summed E-state index contributed by atoms with van der Waals surface area (Å²) in [7, 11) is 0. The highest BCUT2D eigenvalue weighted by Gasteiger charge is 2.33. The summed E-state index contributed by atoms with van der Waals surface area (Å²) >= 11 is 5.33. The largest absolute Gasteiger partial charge is 0.363 e. The molecule has 0 aromatic rings. The standard InChI is InChI=1S/C11H18N2S/c1-2-12-11(14)13-7-9-5-3-4-6-10(9)8-13/h3-4,9-10H,2,5-8H2,1H3,(H,12,14). The van der Waals surface area contributed by atoms with Crippen LogP contribution in [0.1, 0.15) is 19.8 Å². The van der Waals surface area contributed by atoms with Crippen LogP contribution < -0.4 is 5.32 Å². The molecule has 2 unspecified atom stereocenters. The van der Waals surface area contributed by atoms with Crippen LogP contribution in [-0.4, -0.2) is 29.6 Å². The zero-order chi connectivity index (χ0) is 9.97. The molecule has 0 spiro atoms. The first-order valence-corrected chi connectivity index (χ1v) is 5.90. The van der Waals surface area contributed by atoms with E-state index in [0.29, 0.717) is 0 Å². The number of hydrogen-bond donors (Lipinski definition) is 1.